The zero-order chi connectivity index (χ0) is 19.6. The van der Waals surface area contributed by atoms with Gasteiger partial charge in [-0.3, -0.25) is 14.2 Å². The fraction of sp³-hybridized carbons (Fsp3) is 0.421. The van der Waals surface area contributed by atoms with Gasteiger partial charge in [-0.2, -0.15) is 0 Å². The molecule has 144 valence electrons. The molecule has 0 spiro atoms. The van der Waals surface area contributed by atoms with Gasteiger partial charge in [0.25, 0.3) is 11.5 Å². The Morgan fingerprint density at radius 2 is 1.74 bits per heavy atom. The van der Waals surface area contributed by atoms with Crippen LogP contribution in [0.3, 0.4) is 0 Å². The van der Waals surface area contributed by atoms with E-state index in [-0.39, 0.29) is 23.2 Å². The average Bonchev–Trinajstić information content (AvgIpc) is 2.70. The highest BCUT2D eigenvalue weighted by atomic mass is 32.2. The number of thioether (sulfide) groups is 1. The summed E-state index contributed by atoms with van der Waals surface area (Å²) in [5.41, 5.74) is 0.562. The van der Waals surface area contributed by atoms with Gasteiger partial charge in [-0.1, -0.05) is 0 Å². The van der Waals surface area contributed by atoms with Crippen LogP contribution in [0.4, 0.5) is 5.69 Å². The van der Waals surface area contributed by atoms with Crippen LogP contribution in [0.1, 0.15) is 23.2 Å². The number of benzene rings is 1. The summed E-state index contributed by atoms with van der Waals surface area (Å²) in [6, 6.07) is 7.63. The summed E-state index contributed by atoms with van der Waals surface area (Å²) in [6.45, 7) is 1.31. The van der Waals surface area contributed by atoms with Gasteiger partial charge in [0.2, 0.25) is 0 Å². The summed E-state index contributed by atoms with van der Waals surface area (Å²) in [6.07, 6.45) is 5.10. The maximum Gasteiger partial charge on any atom is 0.330 e. The number of anilines is 1. The Morgan fingerprint density at radius 3 is 2.33 bits per heavy atom. The lowest BCUT2D eigenvalue weighted by molar-refractivity contribution is 0.0931. The molecule has 1 aromatic carbocycles. The highest BCUT2D eigenvalue weighted by Crippen LogP contribution is 2.18. The van der Waals surface area contributed by atoms with Crippen molar-refractivity contribution >= 4 is 23.4 Å². The van der Waals surface area contributed by atoms with Gasteiger partial charge < -0.3 is 14.8 Å². The number of rotatable bonds is 4. The molecule has 0 atom stereocenters. The number of hydrogen-bond donors (Lipinski definition) is 1. The predicted octanol–water partition coefficient (Wildman–Crippen LogP) is 1.20. The summed E-state index contributed by atoms with van der Waals surface area (Å²) in [7, 11) is 3.13. The van der Waals surface area contributed by atoms with Crippen LogP contribution in [0.2, 0.25) is 0 Å². The first-order chi connectivity index (χ1) is 12.9. The quantitative estimate of drug-likeness (QED) is 0.797. The molecule has 0 unspecified atom stereocenters. The lowest BCUT2D eigenvalue weighted by atomic mass is 10.0. The van der Waals surface area contributed by atoms with Gasteiger partial charge in [-0.15, -0.1) is 11.8 Å². The number of amides is 1. The van der Waals surface area contributed by atoms with E-state index in [1.807, 2.05) is 35.4 Å². The third-order valence-electron chi connectivity index (χ3n) is 4.95. The van der Waals surface area contributed by atoms with E-state index in [1.54, 1.807) is 25.0 Å². The number of aryl methyl sites for hydroxylation is 1. The van der Waals surface area contributed by atoms with Crippen LogP contribution >= 0.6 is 11.8 Å². The molecule has 0 saturated carbocycles. The first kappa shape index (κ1) is 19.3. The topological polar surface area (TPSA) is 76.3 Å². The van der Waals surface area contributed by atoms with Crippen molar-refractivity contribution in [2.24, 2.45) is 14.1 Å². The van der Waals surface area contributed by atoms with Crippen LogP contribution in [0.15, 0.2) is 44.9 Å². The summed E-state index contributed by atoms with van der Waals surface area (Å²) in [5.74, 6) is -0.0703. The van der Waals surface area contributed by atoms with Crippen LogP contribution in [-0.2, 0) is 14.1 Å². The number of nitrogens with zero attached hydrogens (tertiary/aromatic N) is 3. The summed E-state index contributed by atoms with van der Waals surface area (Å²) >= 11 is 1.64. The van der Waals surface area contributed by atoms with Gasteiger partial charge >= 0.3 is 5.69 Å². The fourth-order valence-electron chi connectivity index (χ4n) is 3.28. The molecule has 1 amide bonds. The van der Waals surface area contributed by atoms with Crippen molar-refractivity contribution in [2.75, 3.05) is 24.2 Å². The standard InChI is InChI=1S/C19H24N4O3S/c1-21-12-16(18(25)22(2)19(21)26)23-10-8-14(9-11-23)20-17(24)13-4-6-15(27-3)7-5-13/h4-7,12,14H,8-11H2,1-3H3,(H,20,24). The van der Waals surface area contributed by atoms with Crippen molar-refractivity contribution in [3.8, 4) is 0 Å². The van der Waals surface area contributed by atoms with Gasteiger partial charge in [-0.05, 0) is 43.4 Å². The van der Waals surface area contributed by atoms with Crippen molar-refractivity contribution in [3.05, 3.63) is 56.9 Å². The van der Waals surface area contributed by atoms with E-state index in [0.29, 0.717) is 24.3 Å². The Labute approximate surface area is 162 Å². The van der Waals surface area contributed by atoms with E-state index >= 15 is 0 Å². The molecule has 1 saturated heterocycles. The molecule has 0 radical (unpaired) electrons. The van der Waals surface area contributed by atoms with Crippen LogP contribution in [-0.4, -0.2) is 40.4 Å². The lowest BCUT2D eigenvalue weighted by Crippen LogP contribution is -2.47. The number of hydrogen-bond acceptors (Lipinski definition) is 5. The normalized spacial score (nSPS) is 15.0. The molecule has 0 bridgehead atoms. The Balaban J connectivity index is 1.63. The second-order valence-corrected chi connectivity index (χ2v) is 7.61. The SMILES string of the molecule is CSc1ccc(C(=O)NC2CCN(c3cn(C)c(=O)n(C)c3=O)CC2)cc1. The van der Waals surface area contributed by atoms with Crippen molar-refractivity contribution < 1.29 is 4.79 Å². The van der Waals surface area contributed by atoms with E-state index in [1.165, 1.54) is 11.6 Å². The molecular formula is C19H24N4O3S. The smallest absolute Gasteiger partial charge is 0.330 e. The van der Waals surface area contributed by atoms with Crippen molar-refractivity contribution in [3.63, 3.8) is 0 Å². The Hall–Kier alpha value is -2.48. The summed E-state index contributed by atoms with van der Waals surface area (Å²) < 4.78 is 2.55. The molecule has 0 aliphatic carbocycles. The molecule has 7 nitrogen and oxygen atoms in total. The molecular weight excluding hydrogens is 364 g/mol. The van der Waals surface area contributed by atoms with E-state index in [9.17, 15) is 14.4 Å². The molecule has 2 heterocycles. The molecule has 2 aromatic rings. The highest BCUT2D eigenvalue weighted by molar-refractivity contribution is 7.98. The van der Waals surface area contributed by atoms with Gasteiger partial charge in [0.1, 0.15) is 5.69 Å². The Kier molecular flexibility index (Phi) is 5.74. The maximum absolute atomic E-state index is 12.4. The van der Waals surface area contributed by atoms with Gasteiger partial charge in [-0.25, -0.2) is 4.79 Å². The molecule has 1 N–H and O–H groups in total. The predicted molar refractivity (Wildman–Crippen MR) is 108 cm³/mol. The number of carbonyl (C=O) groups is 1. The van der Waals surface area contributed by atoms with Crippen LogP contribution < -0.4 is 21.5 Å². The number of piperidine rings is 1. The van der Waals surface area contributed by atoms with Crippen molar-refractivity contribution in [1.29, 1.82) is 0 Å². The van der Waals surface area contributed by atoms with Crippen LogP contribution in [0, 0.1) is 0 Å². The minimum atomic E-state index is -0.335. The van der Waals surface area contributed by atoms with Crippen molar-refractivity contribution in [2.45, 2.75) is 23.8 Å². The second kappa shape index (κ2) is 8.04. The molecule has 1 aliphatic rings. The van der Waals surface area contributed by atoms with Gasteiger partial charge in [0.05, 0.1) is 0 Å². The number of aromatic nitrogens is 2. The third-order valence-corrected chi connectivity index (χ3v) is 5.69. The Morgan fingerprint density at radius 1 is 1.11 bits per heavy atom. The zero-order valence-corrected chi connectivity index (χ0v) is 16.6. The fourth-order valence-corrected chi connectivity index (χ4v) is 3.69. The highest BCUT2D eigenvalue weighted by Gasteiger charge is 2.23. The van der Waals surface area contributed by atoms with E-state index in [4.69, 9.17) is 0 Å². The monoisotopic (exact) mass is 388 g/mol. The first-order valence-electron chi connectivity index (χ1n) is 8.87. The second-order valence-electron chi connectivity index (χ2n) is 6.74. The van der Waals surface area contributed by atoms with Gasteiger partial charge in [0.15, 0.2) is 0 Å². The zero-order valence-electron chi connectivity index (χ0n) is 15.8. The van der Waals surface area contributed by atoms with Crippen LogP contribution in [0.25, 0.3) is 0 Å². The van der Waals surface area contributed by atoms with Gasteiger partial charge in [0, 0.05) is 49.9 Å². The number of carbonyl (C=O) groups excluding carboxylic acids is 1. The largest absolute Gasteiger partial charge is 0.366 e. The number of nitrogens with one attached hydrogen (secondary N) is 1. The third kappa shape index (κ3) is 4.10. The van der Waals surface area contributed by atoms with E-state index in [0.717, 1.165) is 22.3 Å². The average molecular weight is 388 g/mol. The first-order valence-corrected chi connectivity index (χ1v) is 10.1. The maximum atomic E-state index is 12.4. The molecule has 1 aromatic heterocycles. The minimum absolute atomic E-state index is 0.0703. The van der Waals surface area contributed by atoms with E-state index < -0.39 is 0 Å². The molecule has 27 heavy (non-hydrogen) atoms. The molecule has 8 heteroatoms. The molecule has 1 fully saturated rings. The Bertz CT molecular complexity index is 941. The summed E-state index contributed by atoms with van der Waals surface area (Å²) in [5, 5.41) is 3.08. The lowest BCUT2D eigenvalue weighted by Gasteiger charge is -2.33. The van der Waals surface area contributed by atoms with Crippen molar-refractivity contribution in [1.82, 2.24) is 14.5 Å². The summed E-state index contributed by atoms with van der Waals surface area (Å²) in [4.78, 5) is 39.7. The molecule has 3 rings (SSSR count). The van der Waals surface area contributed by atoms with E-state index in [2.05, 4.69) is 5.32 Å². The molecule has 1 aliphatic heterocycles. The van der Waals surface area contributed by atoms with Crippen LogP contribution in [0.5, 0.6) is 0 Å². The minimum Gasteiger partial charge on any atom is -0.366 e.